The Labute approximate surface area is 262 Å². The number of carbonyl (C=O) groups excluding carboxylic acids is 4. The van der Waals surface area contributed by atoms with Crippen LogP contribution in [0.5, 0.6) is 5.75 Å². The second-order valence-corrected chi connectivity index (χ2v) is 11.2. The number of hydrogen-bond donors (Lipinski definition) is 6. The van der Waals surface area contributed by atoms with Crippen LogP contribution in [-0.2, 0) is 38.4 Å². The Balaban J connectivity index is 1.49. The highest BCUT2D eigenvalue weighted by molar-refractivity contribution is 5.95. The van der Waals surface area contributed by atoms with Gasteiger partial charge in [-0.3, -0.25) is 19.2 Å². The number of benzene rings is 3. The topological polar surface area (TPSA) is 174 Å². The van der Waals surface area contributed by atoms with Crippen molar-refractivity contribution in [2.45, 2.75) is 56.3 Å². The van der Waals surface area contributed by atoms with Crippen LogP contribution in [0.1, 0.15) is 29.5 Å². The van der Waals surface area contributed by atoms with Gasteiger partial charge >= 0.3 is 0 Å². The molecular weight excluding hydrogens is 574 g/mol. The Hall–Kier alpha value is -4.74. The summed E-state index contributed by atoms with van der Waals surface area (Å²) in [5.41, 5.74) is 8.67. The molecule has 0 unspecified atom stereocenters. The molecule has 11 heteroatoms. The van der Waals surface area contributed by atoms with E-state index in [4.69, 9.17) is 5.73 Å². The number of carbonyl (C=O) groups is 4. The highest BCUT2D eigenvalue weighted by Crippen LogP contribution is 2.20. The molecule has 11 nitrogen and oxygen atoms in total. The van der Waals surface area contributed by atoms with Gasteiger partial charge < -0.3 is 36.8 Å². The lowest BCUT2D eigenvalue weighted by atomic mass is 10.0. The molecule has 1 aliphatic heterocycles. The van der Waals surface area contributed by atoms with Crippen molar-refractivity contribution in [2.24, 2.45) is 5.73 Å². The predicted molar refractivity (Wildman–Crippen MR) is 169 cm³/mol. The Morgan fingerprint density at radius 2 is 1.33 bits per heavy atom. The number of phenolic OH excluding ortho intramolecular Hbond substituents is 1. The Bertz CT molecular complexity index is 1420. The first-order chi connectivity index (χ1) is 21.7. The average Bonchev–Trinajstić information content (AvgIpc) is 3.55. The number of rotatable bonds is 14. The Kier molecular flexibility index (Phi) is 12.1. The summed E-state index contributed by atoms with van der Waals surface area (Å²) in [6, 6.07) is 21.2. The van der Waals surface area contributed by atoms with Crippen LogP contribution in [0.2, 0.25) is 0 Å². The summed E-state index contributed by atoms with van der Waals surface area (Å²) in [6.07, 6.45) is 1.64. The smallest absolute Gasteiger partial charge is 0.243 e. The fraction of sp³-hybridized carbons (Fsp3) is 0.353. The van der Waals surface area contributed by atoms with E-state index >= 15 is 0 Å². The normalized spacial score (nSPS) is 16.3. The zero-order chi connectivity index (χ0) is 32.2. The molecular formula is C34H41N5O6. The van der Waals surface area contributed by atoms with Crippen LogP contribution in [0.15, 0.2) is 84.9 Å². The Morgan fingerprint density at radius 1 is 0.778 bits per heavy atom. The average molecular weight is 616 g/mol. The van der Waals surface area contributed by atoms with Crippen LogP contribution >= 0.6 is 0 Å². The largest absolute Gasteiger partial charge is 0.508 e. The first-order valence-electron chi connectivity index (χ1n) is 15.2. The molecule has 1 fully saturated rings. The lowest BCUT2D eigenvalue weighted by molar-refractivity contribution is -0.140. The molecule has 0 aliphatic carbocycles. The monoisotopic (exact) mass is 615 g/mol. The maximum absolute atomic E-state index is 13.8. The fourth-order valence-electron chi connectivity index (χ4n) is 5.45. The molecule has 0 radical (unpaired) electrons. The van der Waals surface area contributed by atoms with Gasteiger partial charge in [0, 0.05) is 25.9 Å². The summed E-state index contributed by atoms with van der Waals surface area (Å²) < 4.78 is 0. The van der Waals surface area contributed by atoms with E-state index in [0.717, 1.165) is 16.7 Å². The number of amides is 4. The van der Waals surface area contributed by atoms with Crippen molar-refractivity contribution in [3.63, 3.8) is 0 Å². The number of aliphatic hydroxyl groups is 1. The van der Waals surface area contributed by atoms with E-state index in [1.54, 1.807) is 12.1 Å². The van der Waals surface area contributed by atoms with Gasteiger partial charge in [-0.05, 0) is 48.1 Å². The number of likely N-dealkylation sites (tertiary alicyclic amines) is 1. The molecule has 0 saturated carbocycles. The number of phenols is 1. The zero-order valence-corrected chi connectivity index (χ0v) is 25.1. The SMILES string of the molecule is N[C@@H](Cc1ccc(O)cc1)C(=O)N1CCC[C@H]1C(=O)N[C@@H](Cc1ccccc1)C(=O)N[C@@H](Cc1ccccc1)C(=O)NCCO. The third-order valence-corrected chi connectivity index (χ3v) is 7.79. The zero-order valence-electron chi connectivity index (χ0n) is 25.1. The van der Waals surface area contributed by atoms with Crippen LogP contribution in [0.3, 0.4) is 0 Å². The predicted octanol–water partition coefficient (Wildman–Crippen LogP) is 0.817. The number of aromatic hydroxyl groups is 1. The van der Waals surface area contributed by atoms with Crippen LogP contribution in [0, 0.1) is 0 Å². The van der Waals surface area contributed by atoms with E-state index in [9.17, 15) is 29.4 Å². The third kappa shape index (κ3) is 9.62. The minimum absolute atomic E-state index is 0.0323. The standard InChI is InChI=1S/C34H41N5O6/c35-27(20-25-13-15-26(41)16-14-25)34(45)39-18-7-12-30(39)33(44)38-29(22-24-10-5-2-6-11-24)32(43)37-28(31(42)36-17-19-40)21-23-8-3-1-4-9-23/h1-6,8-11,13-16,27-30,40-41H,7,12,17-22,35H2,(H,36,42)(H,37,43)(H,38,44)/t27-,28-,29-,30-/m0/s1. The van der Waals surface area contributed by atoms with Gasteiger partial charge in [0.2, 0.25) is 23.6 Å². The van der Waals surface area contributed by atoms with Crippen molar-refractivity contribution in [1.82, 2.24) is 20.9 Å². The summed E-state index contributed by atoms with van der Waals surface area (Å²) in [7, 11) is 0. The molecule has 4 amide bonds. The molecule has 3 aromatic carbocycles. The van der Waals surface area contributed by atoms with E-state index in [2.05, 4.69) is 16.0 Å². The van der Waals surface area contributed by atoms with Gasteiger partial charge in [0.15, 0.2) is 0 Å². The van der Waals surface area contributed by atoms with Gasteiger partial charge in [0.05, 0.1) is 12.6 Å². The summed E-state index contributed by atoms with van der Waals surface area (Å²) in [4.78, 5) is 55.2. The minimum Gasteiger partial charge on any atom is -0.508 e. The molecule has 4 atom stereocenters. The van der Waals surface area contributed by atoms with Crippen molar-refractivity contribution >= 4 is 23.6 Å². The highest BCUT2D eigenvalue weighted by Gasteiger charge is 2.38. The van der Waals surface area contributed by atoms with Gasteiger partial charge in [0.25, 0.3) is 0 Å². The first-order valence-corrected chi connectivity index (χ1v) is 15.2. The number of aliphatic hydroxyl groups excluding tert-OH is 1. The van der Waals surface area contributed by atoms with E-state index in [-0.39, 0.29) is 44.1 Å². The van der Waals surface area contributed by atoms with Crippen molar-refractivity contribution < 1.29 is 29.4 Å². The molecule has 0 aromatic heterocycles. The first kappa shape index (κ1) is 33.2. The van der Waals surface area contributed by atoms with Crippen LogP contribution in [-0.4, -0.2) is 82.6 Å². The van der Waals surface area contributed by atoms with Crippen LogP contribution in [0.4, 0.5) is 0 Å². The molecule has 7 N–H and O–H groups in total. The van der Waals surface area contributed by atoms with E-state index in [1.807, 2.05) is 60.7 Å². The summed E-state index contributed by atoms with van der Waals surface area (Å²) >= 11 is 0. The number of hydrogen-bond acceptors (Lipinski definition) is 7. The van der Waals surface area contributed by atoms with Crippen molar-refractivity contribution in [3.05, 3.63) is 102 Å². The maximum Gasteiger partial charge on any atom is 0.243 e. The lowest BCUT2D eigenvalue weighted by Crippen LogP contribution is -2.58. The molecule has 0 spiro atoms. The van der Waals surface area contributed by atoms with E-state index in [0.29, 0.717) is 19.4 Å². The number of nitrogens with two attached hydrogens (primary N) is 1. The maximum atomic E-state index is 13.8. The molecule has 0 bridgehead atoms. The van der Waals surface area contributed by atoms with Gasteiger partial charge in [-0.25, -0.2) is 0 Å². The summed E-state index contributed by atoms with van der Waals surface area (Å²) in [5, 5.41) is 27.0. The number of nitrogens with one attached hydrogen (secondary N) is 3. The molecule has 3 aromatic rings. The summed E-state index contributed by atoms with van der Waals surface area (Å²) in [5.74, 6) is -1.74. The van der Waals surface area contributed by atoms with Crippen LogP contribution in [0.25, 0.3) is 0 Å². The van der Waals surface area contributed by atoms with E-state index < -0.39 is 41.9 Å². The van der Waals surface area contributed by atoms with Gasteiger partial charge in [-0.15, -0.1) is 0 Å². The van der Waals surface area contributed by atoms with Gasteiger partial charge in [0.1, 0.15) is 23.9 Å². The molecule has 45 heavy (non-hydrogen) atoms. The van der Waals surface area contributed by atoms with Crippen LogP contribution < -0.4 is 21.7 Å². The van der Waals surface area contributed by atoms with E-state index in [1.165, 1.54) is 17.0 Å². The fourth-order valence-corrected chi connectivity index (χ4v) is 5.45. The second-order valence-electron chi connectivity index (χ2n) is 11.2. The third-order valence-electron chi connectivity index (χ3n) is 7.79. The highest BCUT2D eigenvalue weighted by atomic mass is 16.3. The molecule has 238 valence electrons. The van der Waals surface area contributed by atoms with Gasteiger partial charge in [-0.2, -0.15) is 0 Å². The van der Waals surface area contributed by atoms with Gasteiger partial charge in [-0.1, -0.05) is 72.8 Å². The molecule has 1 heterocycles. The molecule has 1 aliphatic rings. The molecule has 1 saturated heterocycles. The number of nitrogens with zero attached hydrogens (tertiary/aromatic N) is 1. The minimum atomic E-state index is -1.04. The van der Waals surface area contributed by atoms with Crippen molar-refractivity contribution in [1.29, 1.82) is 0 Å². The Morgan fingerprint density at radius 3 is 1.91 bits per heavy atom. The lowest BCUT2D eigenvalue weighted by Gasteiger charge is -2.29. The van der Waals surface area contributed by atoms with Crippen molar-refractivity contribution in [2.75, 3.05) is 19.7 Å². The summed E-state index contributed by atoms with van der Waals surface area (Å²) in [6.45, 7) is 0.143. The quantitative estimate of drug-likeness (QED) is 0.156. The molecule has 4 rings (SSSR count). The second kappa shape index (κ2) is 16.4. The van der Waals surface area contributed by atoms with Crippen molar-refractivity contribution in [3.8, 4) is 5.75 Å².